The van der Waals surface area contributed by atoms with E-state index in [1.165, 1.54) is 37.6 Å². The largest absolute Gasteiger partial charge is 0.493 e. The number of Topliss-reactive ketones (excluding diaryl/α,β-unsaturated/α-hetero) is 1. The van der Waals surface area contributed by atoms with E-state index in [0.717, 1.165) is 22.6 Å². The first kappa shape index (κ1) is 28.4. The van der Waals surface area contributed by atoms with Crippen LogP contribution in [0.2, 0.25) is 5.02 Å². The molecule has 206 valence electrons. The summed E-state index contributed by atoms with van der Waals surface area (Å²) in [6, 6.07) is 9.00. The van der Waals surface area contributed by atoms with E-state index in [-0.39, 0.29) is 38.6 Å². The Bertz CT molecular complexity index is 1500. The van der Waals surface area contributed by atoms with Gasteiger partial charge in [-0.1, -0.05) is 29.3 Å². The molecule has 1 aliphatic heterocycles. The summed E-state index contributed by atoms with van der Waals surface area (Å²) in [6.07, 6.45) is 1.67. The van der Waals surface area contributed by atoms with Crippen LogP contribution in [0.15, 0.2) is 51.9 Å². The number of rotatable bonds is 11. The van der Waals surface area contributed by atoms with Crippen molar-refractivity contribution in [3.8, 4) is 17.2 Å². The third kappa shape index (κ3) is 6.32. The standard InChI is InChI=1S/C25H29ClN2O8S2/c1-18-4-6-19(7-5-18)38(32,33)28-10-8-20(26)24(28)22-16-23(34-2)25(36-22)21(29)17-37(30,31)15-3-9-27-11-13-35-14-12-27/h4-8,10,16H,3,9,11-15,17H2,1-2H3. The van der Waals surface area contributed by atoms with Crippen molar-refractivity contribution >= 4 is 37.2 Å². The molecule has 1 aromatic carbocycles. The second kappa shape index (κ2) is 11.6. The van der Waals surface area contributed by atoms with Crippen LogP contribution >= 0.6 is 11.6 Å². The first-order valence-electron chi connectivity index (χ1n) is 11.9. The van der Waals surface area contributed by atoms with Crippen LogP contribution in [-0.4, -0.2) is 83.0 Å². The molecule has 38 heavy (non-hydrogen) atoms. The number of furan rings is 1. The topological polar surface area (TPSA) is 125 Å². The van der Waals surface area contributed by atoms with E-state index in [1.807, 2.05) is 6.92 Å². The van der Waals surface area contributed by atoms with Crippen molar-refractivity contribution in [2.75, 3.05) is 51.5 Å². The number of ether oxygens (including phenoxy) is 2. The number of carbonyl (C=O) groups excluding carboxylic acids is 1. The second-order valence-electron chi connectivity index (χ2n) is 8.96. The number of carbonyl (C=O) groups is 1. The highest BCUT2D eigenvalue weighted by Gasteiger charge is 2.29. The molecular formula is C25H29ClN2O8S2. The van der Waals surface area contributed by atoms with Gasteiger partial charge in [-0.15, -0.1) is 0 Å². The molecule has 0 spiro atoms. The zero-order valence-electron chi connectivity index (χ0n) is 21.1. The number of hydrogen-bond donors (Lipinski definition) is 0. The maximum absolute atomic E-state index is 13.3. The highest BCUT2D eigenvalue weighted by atomic mass is 35.5. The molecule has 0 aliphatic carbocycles. The highest BCUT2D eigenvalue weighted by Crippen LogP contribution is 2.37. The minimum absolute atomic E-state index is 0.0158. The van der Waals surface area contributed by atoms with Gasteiger partial charge in [-0.2, -0.15) is 0 Å². The number of benzene rings is 1. The Balaban J connectivity index is 1.55. The zero-order chi connectivity index (χ0) is 27.5. The summed E-state index contributed by atoms with van der Waals surface area (Å²) in [7, 11) is -6.49. The third-order valence-corrected chi connectivity index (χ3v) is 9.78. The fraction of sp³-hybridized carbons (Fsp3) is 0.400. The Morgan fingerprint density at radius 3 is 2.42 bits per heavy atom. The van der Waals surface area contributed by atoms with Gasteiger partial charge in [-0.25, -0.2) is 20.8 Å². The van der Waals surface area contributed by atoms with Gasteiger partial charge in [0, 0.05) is 25.4 Å². The molecule has 0 N–H and O–H groups in total. The number of aryl methyl sites for hydroxylation is 1. The SMILES string of the molecule is COc1cc(-c2c(Cl)ccn2S(=O)(=O)c2ccc(C)cc2)oc1C(=O)CS(=O)(=O)CCCN1CCOCC1. The Labute approximate surface area is 227 Å². The van der Waals surface area contributed by atoms with E-state index < -0.39 is 31.4 Å². The number of sulfone groups is 1. The van der Waals surface area contributed by atoms with E-state index in [0.29, 0.717) is 26.2 Å². The van der Waals surface area contributed by atoms with Crippen LogP contribution < -0.4 is 4.74 Å². The molecule has 3 aromatic rings. The number of methoxy groups -OCH3 is 1. The summed E-state index contributed by atoms with van der Waals surface area (Å²) in [5.41, 5.74) is 0.877. The van der Waals surface area contributed by atoms with Crippen molar-refractivity contribution < 1.29 is 35.5 Å². The van der Waals surface area contributed by atoms with Crippen molar-refractivity contribution in [3.05, 3.63) is 58.9 Å². The Kier molecular flexibility index (Phi) is 8.68. The predicted octanol–water partition coefficient (Wildman–Crippen LogP) is 3.28. The summed E-state index contributed by atoms with van der Waals surface area (Å²) in [5, 5.41) is 0.0619. The van der Waals surface area contributed by atoms with Crippen molar-refractivity contribution in [2.45, 2.75) is 18.2 Å². The van der Waals surface area contributed by atoms with Gasteiger partial charge in [0.25, 0.3) is 10.0 Å². The molecule has 3 heterocycles. The lowest BCUT2D eigenvalue weighted by molar-refractivity contribution is 0.0381. The Morgan fingerprint density at radius 2 is 1.76 bits per heavy atom. The number of halogens is 1. The van der Waals surface area contributed by atoms with Crippen LogP contribution in [0.4, 0.5) is 0 Å². The summed E-state index contributed by atoms with van der Waals surface area (Å²) in [6.45, 7) is 5.16. The minimum Gasteiger partial charge on any atom is -0.493 e. The molecule has 2 aromatic heterocycles. The van der Waals surface area contributed by atoms with Gasteiger partial charge < -0.3 is 13.9 Å². The fourth-order valence-corrected chi connectivity index (χ4v) is 7.04. The number of hydrogen-bond acceptors (Lipinski definition) is 9. The third-order valence-electron chi connectivity index (χ3n) is 6.17. The average molecular weight is 585 g/mol. The molecule has 0 unspecified atom stereocenters. The molecule has 0 amide bonds. The lowest BCUT2D eigenvalue weighted by Crippen LogP contribution is -2.37. The van der Waals surface area contributed by atoms with Crippen LogP contribution in [-0.2, 0) is 24.6 Å². The van der Waals surface area contributed by atoms with E-state index in [4.69, 9.17) is 25.5 Å². The van der Waals surface area contributed by atoms with Crippen LogP contribution in [0.3, 0.4) is 0 Å². The van der Waals surface area contributed by atoms with E-state index in [9.17, 15) is 21.6 Å². The number of morpholine rings is 1. The summed E-state index contributed by atoms with van der Waals surface area (Å²) < 4.78 is 69.2. The molecule has 1 aliphatic rings. The van der Waals surface area contributed by atoms with Gasteiger partial charge in [0.15, 0.2) is 21.3 Å². The molecule has 0 saturated carbocycles. The van der Waals surface area contributed by atoms with Gasteiger partial charge in [-0.3, -0.25) is 9.69 Å². The van der Waals surface area contributed by atoms with Gasteiger partial charge in [0.05, 0.1) is 36.0 Å². The summed E-state index contributed by atoms with van der Waals surface area (Å²) in [5.74, 6) is -2.12. The molecule has 1 saturated heterocycles. The minimum atomic E-state index is -4.05. The number of aromatic nitrogens is 1. The van der Waals surface area contributed by atoms with E-state index >= 15 is 0 Å². The summed E-state index contributed by atoms with van der Waals surface area (Å²) >= 11 is 6.33. The molecular weight excluding hydrogens is 556 g/mol. The van der Waals surface area contributed by atoms with Crippen LogP contribution in [0, 0.1) is 6.92 Å². The normalized spacial score (nSPS) is 15.0. The zero-order valence-corrected chi connectivity index (χ0v) is 23.4. The van der Waals surface area contributed by atoms with E-state index in [2.05, 4.69) is 4.90 Å². The van der Waals surface area contributed by atoms with E-state index in [1.54, 1.807) is 12.1 Å². The molecule has 10 nitrogen and oxygen atoms in total. The average Bonchev–Trinajstić information content (AvgIpc) is 3.48. The molecule has 0 bridgehead atoms. The van der Waals surface area contributed by atoms with Gasteiger partial charge in [0.1, 0.15) is 11.4 Å². The quantitative estimate of drug-likeness (QED) is 0.312. The predicted molar refractivity (Wildman–Crippen MR) is 142 cm³/mol. The molecule has 0 radical (unpaired) electrons. The molecule has 0 atom stereocenters. The van der Waals surface area contributed by atoms with Crippen molar-refractivity contribution in [1.82, 2.24) is 8.87 Å². The fourth-order valence-electron chi connectivity index (χ4n) is 4.15. The maximum atomic E-state index is 13.3. The Hall–Kier alpha value is -2.64. The van der Waals surface area contributed by atoms with Crippen LogP contribution in [0.5, 0.6) is 5.75 Å². The van der Waals surface area contributed by atoms with Crippen molar-refractivity contribution in [1.29, 1.82) is 0 Å². The lowest BCUT2D eigenvalue weighted by Gasteiger charge is -2.26. The van der Waals surface area contributed by atoms with Crippen LogP contribution in [0.25, 0.3) is 11.5 Å². The number of ketones is 1. The van der Waals surface area contributed by atoms with Gasteiger partial charge in [0.2, 0.25) is 11.5 Å². The monoisotopic (exact) mass is 584 g/mol. The highest BCUT2D eigenvalue weighted by molar-refractivity contribution is 7.92. The first-order valence-corrected chi connectivity index (χ1v) is 15.6. The smallest absolute Gasteiger partial charge is 0.268 e. The molecule has 1 fully saturated rings. The van der Waals surface area contributed by atoms with Crippen LogP contribution in [0.1, 0.15) is 22.5 Å². The first-order chi connectivity index (χ1) is 18.0. The lowest BCUT2D eigenvalue weighted by atomic mass is 10.2. The Morgan fingerprint density at radius 1 is 1.08 bits per heavy atom. The number of nitrogens with zero attached hydrogens (tertiary/aromatic N) is 2. The van der Waals surface area contributed by atoms with Gasteiger partial charge >= 0.3 is 0 Å². The molecule has 4 rings (SSSR count). The molecule has 13 heteroatoms. The second-order valence-corrected chi connectivity index (χ2v) is 13.4. The van der Waals surface area contributed by atoms with Crippen molar-refractivity contribution in [3.63, 3.8) is 0 Å². The summed E-state index contributed by atoms with van der Waals surface area (Å²) in [4.78, 5) is 15.1. The van der Waals surface area contributed by atoms with Crippen molar-refractivity contribution in [2.24, 2.45) is 0 Å². The van der Waals surface area contributed by atoms with Gasteiger partial charge in [-0.05, 0) is 38.1 Å². The maximum Gasteiger partial charge on any atom is 0.268 e.